The molecule has 1 unspecified atom stereocenters. The average Bonchev–Trinajstić information content (AvgIpc) is 2.45. The van der Waals surface area contributed by atoms with Crippen LogP contribution in [0.5, 0.6) is 0 Å². The van der Waals surface area contributed by atoms with E-state index in [2.05, 4.69) is 33.5 Å². The van der Waals surface area contributed by atoms with Crippen molar-refractivity contribution in [1.82, 2.24) is 5.32 Å². The molecule has 20 heavy (non-hydrogen) atoms. The fraction of sp³-hybridized carbons (Fsp3) is 0.533. The lowest BCUT2D eigenvalue weighted by Gasteiger charge is -2.29. The van der Waals surface area contributed by atoms with E-state index in [1.807, 2.05) is 12.1 Å². The molecule has 1 aliphatic heterocycles. The highest BCUT2D eigenvalue weighted by Gasteiger charge is 2.27. The molecule has 5 heteroatoms. The fourth-order valence-corrected chi connectivity index (χ4v) is 3.28. The van der Waals surface area contributed by atoms with Crippen molar-refractivity contribution in [3.63, 3.8) is 0 Å². The fourth-order valence-electron chi connectivity index (χ4n) is 2.79. The number of halogens is 2. The number of carbonyl (C=O) groups is 1. The van der Waals surface area contributed by atoms with Crippen LogP contribution in [0.2, 0.25) is 5.02 Å². The van der Waals surface area contributed by atoms with Gasteiger partial charge in [0.15, 0.2) is 0 Å². The third-order valence-corrected chi connectivity index (χ3v) is 5.13. The molecule has 2 N–H and O–H groups in total. The van der Waals surface area contributed by atoms with Crippen LogP contribution >= 0.6 is 27.5 Å². The molecule has 1 fully saturated rings. The van der Waals surface area contributed by atoms with E-state index in [1.165, 1.54) is 0 Å². The van der Waals surface area contributed by atoms with Gasteiger partial charge < -0.3 is 10.6 Å². The number of benzene rings is 1. The normalized spacial score (nSPS) is 17.8. The molecule has 0 radical (unpaired) electrons. The Hall–Kier alpha value is -0.580. The van der Waals surface area contributed by atoms with Gasteiger partial charge in [0.05, 0.1) is 5.02 Å². The lowest BCUT2D eigenvalue weighted by molar-refractivity contribution is -0.121. The van der Waals surface area contributed by atoms with E-state index in [9.17, 15) is 4.79 Å². The van der Waals surface area contributed by atoms with Crippen LogP contribution in [-0.4, -0.2) is 19.0 Å². The summed E-state index contributed by atoms with van der Waals surface area (Å²) >= 11 is 9.34. The molecule has 1 heterocycles. The number of rotatable bonds is 4. The lowest BCUT2D eigenvalue weighted by Crippen LogP contribution is -2.36. The maximum atomic E-state index is 12.5. The van der Waals surface area contributed by atoms with Gasteiger partial charge >= 0.3 is 0 Å². The van der Waals surface area contributed by atoms with E-state index in [4.69, 9.17) is 11.6 Å². The maximum Gasteiger partial charge on any atom is 0.227 e. The Balaban J connectivity index is 2.02. The number of piperidine rings is 1. The van der Waals surface area contributed by atoms with E-state index < -0.39 is 0 Å². The molecular formula is C15H20BrClN2O. The molecule has 3 nitrogen and oxygen atoms in total. The third kappa shape index (κ3) is 3.96. The van der Waals surface area contributed by atoms with Crippen molar-refractivity contribution in [2.75, 3.05) is 18.4 Å². The predicted molar refractivity (Wildman–Crippen MR) is 87.2 cm³/mol. The zero-order valence-electron chi connectivity index (χ0n) is 11.6. The lowest BCUT2D eigenvalue weighted by atomic mass is 9.82. The second-order valence-corrected chi connectivity index (χ2v) is 6.48. The highest BCUT2D eigenvalue weighted by molar-refractivity contribution is 9.10. The summed E-state index contributed by atoms with van der Waals surface area (Å²) < 4.78 is 0.798. The van der Waals surface area contributed by atoms with Crippen LogP contribution in [0.3, 0.4) is 0 Å². The summed E-state index contributed by atoms with van der Waals surface area (Å²) in [5, 5.41) is 7.00. The minimum Gasteiger partial charge on any atom is -0.326 e. The number of hydrogen-bond acceptors (Lipinski definition) is 2. The largest absolute Gasteiger partial charge is 0.326 e. The SMILES string of the molecule is CCC(C(=O)Nc1ccc(Cl)c(Br)c1)C1CCNCC1. The van der Waals surface area contributed by atoms with Gasteiger partial charge in [0.2, 0.25) is 5.91 Å². The topological polar surface area (TPSA) is 41.1 Å². The summed E-state index contributed by atoms with van der Waals surface area (Å²) in [6, 6.07) is 5.46. The summed E-state index contributed by atoms with van der Waals surface area (Å²) in [5.74, 6) is 0.692. The van der Waals surface area contributed by atoms with Gasteiger partial charge in [0, 0.05) is 16.1 Å². The Bertz CT molecular complexity index is 475. The minimum absolute atomic E-state index is 0.0894. The van der Waals surface area contributed by atoms with Crippen molar-refractivity contribution in [3.8, 4) is 0 Å². The Kier molecular flexibility index (Phi) is 5.87. The van der Waals surface area contributed by atoms with Gasteiger partial charge in [-0.15, -0.1) is 0 Å². The number of amides is 1. The van der Waals surface area contributed by atoms with Crippen LogP contribution in [-0.2, 0) is 4.79 Å². The molecule has 2 rings (SSSR count). The molecule has 1 saturated heterocycles. The Morgan fingerprint density at radius 2 is 2.20 bits per heavy atom. The molecule has 1 aliphatic rings. The summed E-state index contributed by atoms with van der Waals surface area (Å²) in [6.07, 6.45) is 3.04. The van der Waals surface area contributed by atoms with E-state index in [1.54, 1.807) is 6.07 Å². The van der Waals surface area contributed by atoms with Gasteiger partial charge in [0.25, 0.3) is 0 Å². The van der Waals surface area contributed by atoms with Crippen LogP contribution < -0.4 is 10.6 Å². The monoisotopic (exact) mass is 358 g/mol. The predicted octanol–water partition coefficient (Wildman–Crippen LogP) is 4.07. The third-order valence-electron chi connectivity index (χ3n) is 3.92. The Morgan fingerprint density at radius 1 is 1.50 bits per heavy atom. The molecular weight excluding hydrogens is 340 g/mol. The summed E-state index contributed by atoms with van der Waals surface area (Å²) in [4.78, 5) is 12.5. The quantitative estimate of drug-likeness (QED) is 0.851. The van der Waals surface area contributed by atoms with E-state index in [0.29, 0.717) is 10.9 Å². The first-order chi connectivity index (χ1) is 9.61. The van der Waals surface area contributed by atoms with Crippen molar-refractivity contribution in [1.29, 1.82) is 0 Å². The molecule has 1 aromatic carbocycles. The van der Waals surface area contributed by atoms with Crippen molar-refractivity contribution in [2.24, 2.45) is 11.8 Å². The van der Waals surface area contributed by atoms with E-state index in [0.717, 1.165) is 42.5 Å². The first-order valence-electron chi connectivity index (χ1n) is 7.08. The van der Waals surface area contributed by atoms with Gasteiger partial charge in [-0.1, -0.05) is 18.5 Å². The summed E-state index contributed by atoms with van der Waals surface area (Å²) in [6.45, 7) is 4.12. The minimum atomic E-state index is 0.0894. The zero-order valence-corrected chi connectivity index (χ0v) is 13.9. The van der Waals surface area contributed by atoms with Crippen LogP contribution in [0.4, 0.5) is 5.69 Å². The molecule has 0 aliphatic carbocycles. The molecule has 0 spiro atoms. The molecule has 0 bridgehead atoms. The molecule has 1 atom stereocenters. The second-order valence-electron chi connectivity index (χ2n) is 5.22. The smallest absolute Gasteiger partial charge is 0.227 e. The second kappa shape index (κ2) is 7.43. The van der Waals surface area contributed by atoms with Gasteiger partial charge in [0.1, 0.15) is 0 Å². The number of carbonyl (C=O) groups excluding carboxylic acids is 1. The average molecular weight is 360 g/mol. The van der Waals surface area contributed by atoms with Gasteiger partial charge in [-0.25, -0.2) is 0 Å². The first-order valence-corrected chi connectivity index (χ1v) is 8.25. The van der Waals surface area contributed by atoms with Gasteiger partial charge in [-0.3, -0.25) is 4.79 Å². The van der Waals surface area contributed by atoms with E-state index >= 15 is 0 Å². The molecule has 1 amide bonds. The molecule has 0 aromatic heterocycles. The molecule has 1 aromatic rings. The van der Waals surface area contributed by atoms with Crippen molar-refractivity contribution in [2.45, 2.75) is 26.2 Å². The Morgan fingerprint density at radius 3 is 2.80 bits per heavy atom. The molecule has 0 saturated carbocycles. The maximum absolute atomic E-state index is 12.5. The highest BCUT2D eigenvalue weighted by atomic mass is 79.9. The summed E-state index contributed by atoms with van der Waals surface area (Å²) in [7, 11) is 0. The zero-order chi connectivity index (χ0) is 14.5. The van der Waals surface area contributed by atoms with Gasteiger partial charge in [-0.2, -0.15) is 0 Å². The first kappa shape index (κ1) is 15.8. The Labute approximate surface area is 133 Å². The van der Waals surface area contributed by atoms with E-state index in [-0.39, 0.29) is 11.8 Å². The highest BCUT2D eigenvalue weighted by Crippen LogP contribution is 2.28. The summed E-state index contributed by atoms with van der Waals surface area (Å²) in [5.41, 5.74) is 0.790. The van der Waals surface area contributed by atoms with Crippen LogP contribution in [0, 0.1) is 11.8 Å². The van der Waals surface area contributed by atoms with Crippen LogP contribution in [0.15, 0.2) is 22.7 Å². The van der Waals surface area contributed by atoms with Gasteiger partial charge in [-0.05, 0) is 72.4 Å². The number of hydrogen-bond donors (Lipinski definition) is 2. The van der Waals surface area contributed by atoms with Crippen LogP contribution in [0.25, 0.3) is 0 Å². The van der Waals surface area contributed by atoms with Crippen molar-refractivity contribution >= 4 is 39.1 Å². The standard InChI is InChI=1S/C15H20BrClN2O/c1-2-12(10-5-7-18-8-6-10)15(20)19-11-3-4-14(17)13(16)9-11/h3-4,9-10,12,18H,2,5-8H2,1H3,(H,19,20). The number of nitrogens with one attached hydrogen (secondary N) is 2. The molecule has 110 valence electrons. The van der Waals surface area contributed by atoms with Crippen LogP contribution in [0.1, 0.15) is 26.2 Å². The van der Waals surface area contributed by atoms with Crippen molar-refractivity contribution < 1.29 is 4.79 Å². The van der Waals surface area contributed by atoms with Crippen molar-refractivity contribution in [3.05, 3.63) is 27.7 Å². The number of anilines is 1.